The molecule has 0 radical (unpaired) electrons. The summed E-state index contributed by atoms with van der Waals surface area (Å²) in [6.07, 6.45) is 5.36. The van der Waals surface area contributed by atoms with Crippen LogP contribution in [0.15, 0.2) is 65.5 Å². The molecule has 0 bridgehead atoms. The van der Waals surface area contributed by atoms with E-state index in [2.05, 4.69) is 27.0 Å². The van der Waals surface area contributed by atoms with Gasteiger partial charge in [0, 0.05) is 18.9 Å². The fraction of sp³-hybridized carbons (Fsp3) is 0.235. The maximum atomic E-state index is 9.48. The Balaban J connectivity index is 1.65. The molecule has 3 rings (SSSR count). The highest BCUT2D eigenvalue weighted by Crippen LogP contribution is 2.13. The minimum atomic E-state index is -0.225. The zero-order valence-electron chi connectivity index (χ0n) is 12.2. The fourth-order valence-corrected chi connectivity index (χ4v) is 2.39. The first kappa shape index (κ1) is 14.6. The second-order valence-corrected chi connectivity index (χ2v) is 5.09. The van der Waals surface area contributed by atoms with Crippen LogP contribution in [-0.2, 0) is 13.1 Å². The number of hydrogen-bond acceptors (Lipinski definition) is 4. The minimum absolute atomic E-state index is 0.0209. The van der Waals surface area contributed by atoms with Gasteiger partial charge >= 0.3 is 0 Å². The predicted molar refractivity (Wildman–Crippen MR) is 83.1 cm³/mol. The molecule has 0 spiro atoms. The van der Waals surface area contributed by atoms with Gasteiger partial charge in [-0.05, 0) is 17.7 Å². The van der Waals surface area contributed by atoms with E-state index in [0.29, 0.717) is 6.54 Å². The topological polar surface area (TPSA) is 63.2 Å². The molecule has 114 valence electrons. The van der Waals surface area contributed by atoms with Crippen LogP contribution in [0.4, 0.5) is 0 Å². The monoisotopic (exact) mass is 297 g/mol. The summed E-state index contributed by atoms with van der Waals surface area (Å²) in [6, 6.07) is 13.7. The molecule has 0 amide bonds. The Morgan fingerprint density at radius 3 is 2.77 bits per heavy atom. The maximum Gasteiger partial charge on any atom is 0.123 e. The maximum absolute atomic E-state index is 9.48. The Bertz CT molecular complexity index is 677. The molecule has 22 heavy (non-hydrogen) atoms. The molecule has 1 atom stereocenters. The lowest BCUT2D eigenvalue weighted by Crippen LogP contribution is -2.25. The van der Waals surface area contributed by atoms with Gasteiger partial charge in [0.2, 0.25) is 0 Å². The van der Waals surface area contributed by atoms with E-state index in [1.807, 2.05) is 36.5 Å². The molecule has 5 nitrogen and oxygen atoms in total. The summed E-state index contributed by atoms with van der Waals surface area (Å²) in [6.45, 7) is 1.32. The second kappa shape index (κ2) is 7.06. The molecule has 0 aliphatic carbocycles. The van der Waals surface area contributed by atoms with E-state index in [9.17, 15) is 5.11 Å². The summed E-state index contributed by atoms with van der Waals surface area (Å²) in [5.74, 6) is 1.65. The highest BCUT2D eigenvalue weighted by Gasteiger charge is 2.13. The third-order valence-corrected chi connectivity index (χ3v) is 3.57. The Morgan fingerprint density at radius 1 is 1.18 bits per heavy atom. The van der Waals surface area contributed by atoms with Gasteiger partial charge in [0.15, 0.2) is 0 Å². The van der Waals surface area contributed by atoms with E-state index >= 15 is 0 Å². The summed E-state index contributed by atoms with van der Waals surface area (Å²) in [5, 5.41) is 12.8. The molecule has 1 unspecified atom stereocenters. The number of imidazole rings is 1. The van der Waals surface area contributed by atoms with Crippen LogP contribution in [0, 0.1) is 0 Å². The second-order valence-electron chi connectivity index (χ2n) is 5.09. The number of hydrogen-bond donors (Lipinski definition) is 2. The molecule has 0 saturated carbocycles. The van der Waals surface area contributed by atoms with Gasteiger partial charge in [0.05, 0.1) is 25.5 Å². The number of aliphatic hydroxyl groups excluding tert-OH is 1. The van der Waals surface area contributed by atoms with Crippen molar-refractivity contribution >= 4 is 0 Å². The third kappa shape index (κ3) is 3.44. The molecule has 2 heterocycles. The summed E-state index contributed by atoms with van der Waals surface area (Å²) >= 11 is 0. The summed E-state index contributed by atoms with van der Waals surface area (Å²) in [7, 11) is 0. The average Bonchev–Trinajstić information content (AvgIpc) is 3.22. The molecular formula is C17H19N3O2. The van der Waals surface area contributed by atoms with E-state index in [-0.39, 0.29) is 12.6 Å². The smallest absolute Gasteiger partial charge is 0.123 e. The number of nitrogens with zero attached hydrogens (tertiary/aromatic N) is 2. The first-order chi connectivity index (χ1) is 10.9. The van der Waals surface area contributed by atoms with Gasteiger partial charge in [-0.1, -0.05) is 30.3 Å². The summed E-state index contributed by atoms with van der Waals surface area (Å²) < 4.78 is 7.43. The van der Waals surface area contributed by atoms with E-state index in [1.54, 1.807) is 12.5 Å². The molecule has 0 fully saturated rings. The first-order valence-electron chi connectivity index (χ1n) is 7.28. The normalized spacial score (nSPS) is 12.4. The number of nitrogens with one attached hydrogen (secondary N) is 1. The van der Waals surface area contributed by atoms with Gasteiger partial charge in [0.1, 0.15) is 11.6 Å². The summed E-state index contributed by atoms with van der Waals surface area (Å²) in [5.41, 5.74) is 1.23. The van der Waals surface area contributed by atoms with Crippen LogP contribution in [0.25, 0.3) is 0 Å². The molecule has 2 N–H and O–H groups in total. The largest absolute Gasteiger partial charge is 0.468 e. The van der Waals surface area contributed by atoms with E-state index in [4.69, 9.17) is 4.42 Å². The highest BCUT2D eigenvalue weighted by atomic mass is 16.3. The van der Waals surface area contributed by atoms with E-state index < -0.39 is 0 Å². The van der Waals surface area contributed by atoms with Crippen molar-refractivity contribution < 1.29 is 9.52 Å². The van der Waals surface area contributed by atoms with Crippen LogP contribution in [0.2, 0.25) is 0 Å². The van der Waals surface area contributed by atoms with Gasteiger partial charge in [-0.25, -0.2) is 4.98 Å². The van der Waals surface area contributed by atoms with Crippen LogP contribution < -0.4 is 5.32 Å². The molecular weight excluding hydrogens is 278 g/mol. The number of benzene rings is 1. The Kier molecular flexibility index (Phi) is 4.68. The van der Waals surface area contributed by atoms with Crippen LogP contribution in [0.3, 0.4) is 0 Å². The van der Waals surface area contributed by atoms with E-state index in [1.165, 1.54) is 5.56 Å². The van der Waals surface area contributed by atoms with Gasteiger partial charge in [0.25, 0.3) is 0 Å². The summed E-state index contributed by atoms with van der Waals surface area (Å²) in [4.78, 5) is 4.39. The Hall–Kier alpha value is -2.37. The predicted octanol–water partition coefficient (Wildman–Crippen LogP) is 2.35. The quantitative estimate of drug-likeness (QED) is 0.702. The van der Waals surface area contributed by atoms with Crippen molar-refractivity contribution in [3.8, 4) is 0 Å². The van der Waals surface area contributed by atoms with Crippen LogP contribution >= 0.6 is 0 Å². The van der Waals surface area contributed by atoms with Gasteiger partial charge in [-0.3, -0.25) is 5.32 Å². The molecule has 1 aromatic carbocycles. The standard InChI is InChI=1S/C17H19N3O2/c21-13-15(16-7-4-10-22-16)19-11-17-18-8-9-20(17)12-14-5-2-1-3-6-14/h1-10,15,19,21H,11-13H2. The van der Waals surface area contributed by atoms with Crippen molar-refractivity contribution in [1.82, 2.24) is 14.9 Å². The lowest BCUT2D eigenvalue weighted by molar-refractivity contribution is 0.224. The number of aromatic nitrogens is 2. The number of rotatable bonds is 7. The molecule has 2 aromatic heterocycles. The van der Waals surface area contributed by atoms with Crippen molar-refractivity contribution in [2.45, 2.75) is 19.1 Å². The zero-order valence-corrected chi connectivity index (χ0v) is 12.2. The SMILES string of the molecule is OCC(NCc1nccn1Cc1ccccc1)c1ccco1. The minimum Gasteiger partial charge on any atom is -0.468 e. The first-order valence-corrected chi connectivity index (χ1v) is 7.28. The van der Waals surface area contributed by atoms with Crippen molar-refractivity contribution in [3.05, 3.63) is 78.3 Å². The van der Waals surface area contributed by atoms with E-state index in [0.717, 1.165) is 18.1 Å². The van der Waals surface area contributed by atoms with Crippen molar-refractivity contribution in [2.75, 3.05) is 6.61 Å². The number of furan rings is 1. The van der Waals surface area contributed by atoms with Crippen molar-refractivity contribution in [2.24, 2.45) is 0 Å². The third-order valence-electron chi connectivity index (χ3n) is 3.57. The highest BCUT2D eigenvalue weighted by molar-refractivity contribution is 5.16. The van der Waals surface area contributed by atoms with Gasteiger partial charge in [-0.15, -0.1) is 0 Å². The molecule has 3 aromatic rings. The lowest BCUT2D eigenvalue weighted by Gasteiger charge is -2.14. The van der Waals surface area contributed by atoms with Crippen LogP contribution in [0.5, 0.6) is 0 Å². The number of aliphatic hydroxyl groups is 1. The molecule has 0 saturated heterocycles. The van der Waals surface area contributed by atoms with Crippen LogP contribution in [0.1, 0.15) is 23.2 Å². The molecule has 0 aliphatic rings. The molecule has 5 heteroatoms. The van der Waals surface area contributed by atoms with Gasteiger partial charge < -0.3 is 14.1 Å². The zero-order chi connectivity index (χ0) is 15.2. The van der Waals surface area contributed by atoms with Crippen molar-refractivity contribution in [3.63, 3.8) is 0 Å². The van der Waals surface area contributed by atoms with Crippen molar-refractivity contribution in [1.29, 1.82) is 0 Å². The molecule has 0 aliphatic heterocycles. The van der Waals surface area contributed by atoms with Crippen LogP contribution in [-0.4, -0.2) is 21.3 Å². The average molecular weight is 297 g/mol. The fourth-order valence-electron chi connectivity index (χ4n) is 2.39. The Labute approximate surface area is 129 Å². The lowest BCUT2D eigenvalue weighted by atomic mass is 10.2. The Morgan fingerprint density at radius 2 is 2.05 bits per heavy atom. The van der Waals surface area contributed by atoms with Gasteiger partial charge in [-0.2, -0.15) is 0 Å².